The highest BCUT2D eigenvalue weighted by molar-refractivity contribution is 6.33. The van der Waals surface area contributed by atoms with Crippen molar-refractivity contribution in [1.82, 2.24) is 4.98 Å². The quantitative estimate of drug-likeness (QED) is 0.534. The Morgan fingerprint density at radius 3 is 2.76 bits per heavy atom. The van der Waals surface area contributed by atoms with E-state index in [0.29, 0.717) is 5.69 Å². The number of carbonyl (C=O) groups excluding carboxylic acids is 1. The van der Waals surface area contributed by atoms with E-state index in [4.69, 9.17) is 11.6 Å². The number of nitro groups is 1. The second kappa shape index (κ2) is 5.88. The molecule has 2 aromatic rings. The molecule has 0 radical (unpaired) electrons. The number of hydrogen-bond acceptors (Lipinski definition) is 4. The maximum atomic E-state index is 12.2. The SMILES string of the molecule is Cc1cccc(NC(=O)c2cc([N+](=O)[O-])cnc2Cl)c1C. The van der Waals surface area contributed by atoms with Gasteiger partial charge in [-0.15, -0.1) is 0 Å². The molecule has 21 heavy (non-hydrogen) atoms. The number of benzene rings is 1. The first-order chi connectivity index (χ1) is 9.90. The maximum Gasteiger partial charge on any atom is 0.288 e. The molecule has 0 aliphatic heterocycles. The Labute approximate surface area is 125 Å². The molecule has 108 valence electrons. The number of hydrogen-bond donors (Lipinski definition) is 1. The van der Waals surface area contributed by atoms with Gasteiger partial charge in [0.05, 0.1) is 10.5 Å². The first-order valence-electron chi connectivity index (χ1n) is 6.07. The Balaban J connectivity index is 2.34. The zero-order chi connectivity index (χ0) is 15.6. The van der Waals surface area contributed by atoms with Crippen LogP contribution in [0.2, 0.25) is 5.15 Å². The van der Waals surface area contributed by atoms with Crippen molar-refractivity contribution in [3.8, 4) is 0 Å². The number of carbonyl (C=O) groups is 1. The molecule has 1 aromatic carbocycles. The fourth-order valence-corrected chi connectivity index (χ4v) is 1.96. The Bertz CT molecular complexity index is 731. The summed E-state index contributed by atoms with van der Waals surface area (Å²) < 4.78 is 0. The molecule has 0 aliphatic carbocycles. The van der Waals surface area contributed by atoms with Gasteiger partial charge >= 0.3 is 0 Å². The van der Waals surface area contributed by atoms with E-state index in [9.17, 15) is 14.9 Å². The van der Waals surface area contributed by atoms with Crippen LogP contribution in [0.1, 0.15) is 21.5 Å². The third kappa shape index (κ3) is 3.17. The lowest BCUT2D eigenvalue weighted by atomic mass is 10.1. The highest BCUT2D eigenvalue weighted by Crippen LogP contribution is 2.22. The summed E-state index contributed by atoms with van der Waals surface area (Å²) in [6.07, 6.45) is 1.01. The minimum atomic E-state index is -0.627. The van der Waals surface area contributed by atoms with Gasteiger partial charge < -0.3 is 5.32 Å². The number of anilines is 1. The lowest BCUT2D eigenvalue weighted by Gasteiger charge is -2.10. The van der Waals surface area contributed by atoms with Gasteiger partial charge in [-0.2, -0.15) is 0 Å². The summed E-state index contributed by atoms with van der Waals surface area (Å²) in [5.74, 6) is -0.537. The number of nitrogens with zero attached hydrogens (tertiary/aromatic N) is 2. The molecule has 0 bridgehead atoms. The minimum Gasteiger partial charge on any atom is -0.322 e. The van der Waals surface area contributed by atoms with E-state index in [1.165, 1.54) is 0 Å². The Kier molecular flexibility index (Phi) is 4.18. The van der Waals surface area contributed by atoms with Gasteiger partial charge in [-0.25, -0.2) is 4.98 Å². The average molecular weight is 306 g/mol. The second-order valence-electron chi connectivity index (χ2n) is 4.49. The van der Waals surface area contributed by atoms with Gasteiger partial charge in [0.2, 0.25) is 0 Å². The molecule has 2 rings (SSSR count). The van der Waals surface area contributed by atoms with E-state index < -0.39 is 10.8 Å². The number of amides is 1. The van der Waals surface area contributed by atoms with E-state index in [0.717, 1.165) is 23.4 Å². The highest BCUT2D eigenvalue weighted by atomic mass is 35.5. The van der Waals surface area contributed by atoms with Gasteiger partial charge in [-0.05, 0) is 31.0 Å². The molecule has 1 heterocycles. The van der Waals surface area contributed by atoms with E-state index >= 15 is 0 Å². The number of aryl methyl sites for hydroxylation is 1. The molecule has 1 N–H and O–H groups in total. The third-order valence-electron chi connectivity index (χ3n) is 3.13. The first-order valence-corrected chi connectivity index (χ1v) is 6.45. The van der Waals surface area contributed by atoms with Crippen molar-refractivity contribution in [2.45, 2.75) is 13.8 Å². The van der Waals surface area contributed by atoms with Crippen LogP contribution in [0.3, 0.4) is 0 Å². The molecule has 1 aromatic heterocycles. The molecule has 6 nitrogen and oxygen atoms in total. The summed E-state index contributed by atoms with van der Waals surface area (Å²) in [4.78, 5) is 26.0. The van der Waals surface area contributed by atoms with E-state index in [-0.39, 0.29) is 16.4 Å². The van der Waals surface area contributed by atoms with Crippen molar-refractivity contribution >= 4 is 28.9 Å². The van der Waals surface area contributed by atoms with Crippen LogP contribution in [0.5, 0.6) is 0 Å². The molecule has 1 amide bonds. The summed E-state index contributed by atoms with van der Waals surface area (Å²) in [6.45, 7) is 3.80. The largest absolute Gasteiger partial charge is 0.322 e. The molecular formula is C14H12ClN3O3. The third-order valence-corrected chi connectivity index (χ3v) is 3.43. The molecule has 0 atom stereocenters. The van der Waals surface area contributed by atoms with Crippen molar-refractivity contribution < 1.29 is 9.72 Å². The summed E-state index contributed by atoms with van der Waals surface area (Å²) >= 11 is 5.84. The van der Waals surface area contributed by atoms with Crippen LogP contribution in [0.4, 0.5) is 11.4 Å². The van der Waals surface area contributed by atoms with Crippen molar-refractivity contribution in [3.63, 3.8) is 0 Å². The van der Waals surface area contributed by atoms with Gasteiger partial charge in [0, 0.05) is 11.8 Å². The molecule has 0 spiro atoms. The predicted octanol–water partition coefficient (Wildman–Crippen LogP) is 3.51. The topological polar surface area (TPSA) is 85.1 Å². The number of nitrogens with one attached hydrogen (secondary N) is 1. The number of aromatic nitrogens is 1. The summed E-state index contributed by atoms with van der Waals surface area (Å²) in [5.41, 5.74) is 2.25. The maximum absolute atomic E-state index is 12.2. The van der Waals surface area contributed by atoms with Gasteiger partial charge in [0.1, 0.15) is 11.3 Å². The van der Waals surface area contributed by atoms with Crippen molar-refractivity contribution in [1.29, 1.82) is 0 Å². The zero-order valence-electron chi connectivity index (χ0n) is 11.4. The van der Waals surface area contributed by atoms with Crippen LogP contribution in [0.15, 0.2) is 30.5 Å². The standard InChI is InChI=1S/C14H12ClN3O3/c1-8-4-3-5-12(9(8)2)17-14(19)11-6-10(18(20)21)7-16-13(11)15/h3-7H,1-2H3,(H,17,19). The number of halogens is 1. The van der Waals surface area contributed by atoms with Crippen molar-refractivity contribution in [2.24, 2.45) is 0 Å². The van der Waals surface area contributed by atoms with E-state index in [1.807, 2.05) is 26.0 Å². The number of rotatable bonds is 3. The highest BCUT2D eigenvalue weighted by Gasteiger charge is 2.17. The smallest absolute Gasteiger partial charge is 0.288 e. The van der Waals surface area contributed by atoms with Gasteiger partial charge in [0.25, 0.3) is 11.6 Å². The molecule has 0 saturated carbocycles. The fourth-order valence-electron chi connectivity index (χ4n) is 1.77. The average Bonchev–Trinajstić information content (AvgIpc) is 2.44. The summed E-state index contributed by atoms with van der Waals surface area (Å²) in [7, 11) is 0. The van der Waals surface area contributed by atoms with Crippen molar-refractivity contribution in [3.05, 3.63) is 62.4 Å². The fraction of sp³-hybridized carbons (Fsp3) is 0.143. The summed E-state index contributed by atoms with van der Waals surface area (Å²) in [5, 5.41) is 13.3. The number of pyridine rings is 1. The van der Waals surface area contributed by atoms with Crippen LogP contribution < -0.4 is 5.32 Å². The molecule has 7 heteroatoms. The van der Waals surface area contributed by atoms with Crippen LogP contribution in [-0.2, 0) is 0 Å². The lowest BCUT2D eigenvalue weighted by molar-refractivity contribution is -0.385. The minimum absolute atomic E-state index is 0.0354. The first kappa shape index (κ1) is 14.9. The molecular weight excluding hydrogens is 294 g/mol. The molecule has 0 saturated heterocycles. The van der Waals surface area contributed by atoms with Gasteiger partial charge in [-0.1, -0.05) is 23.7 Å². The second-order valence-corrected chi connectivity index (χ2v) is 4.85. The Morgan fingerprint density at radius 2 is 2.10 bits per heavy atom. The molecule has 0 unspecified atom stereocenters. The van der Waals surface area contributed by atoms with E-state index in [2.05, 4.69) is 10.3 Å². The Hall–Kier alpha value is -2.47. The van der Waals surface area contributed by atoms with Gasteiger partial charge in [-0.3, -0.25) is 14.9 Å². The monoisotopic (exact) mass is 305 g/mol. The van der Waals surface area contributed by atoms with E-state index in [1.54, 1.807) is 6.07 Å². The molecule has 0 fully saturated rings. The molecule has 0 aliphatic rings. The predicted molar refractivity (Wildman–Crippen MR) is 79.8 cm³/mol. The van der Waals surface area contributed by atoms with Crippen LogP contribution in [0.25, 0.3) is 0 Å². The van der Waals surface area contributed by atoms with Crippen LogP contribution in [-0.4, -0.2) is 15.8 Å². The normalized spacial score (nSPS) is 10.2. The van der Waals surface area contributed by atoms with Gasteiger partial charge in [0.15, 0.2) is 0 Å². The lowest BCUT2D eigenvalue weighted by Crippen LogP contribution is -2.14. The zero-order valence-corrected chi connectivity index (χ0v) is 12.1. The van der Waals surface area contributed by atoms with Crippen LogP contribution in [0, 0.1) is 24.0 Å². The van der Waals surface area contributed by atoms with Crippen molar-refractivity contribution in [2.75, 3.05) is 5.32 Å². The Morgan fingerprint density at radius 1 is 1.38 bits per heavy atom. The summed E-state index contributed by atoms with van der Waals surface area (Å²) in [6, 6.07) is 6.59. The van der Waals surface area contributed by atoms with Crippen LogP contribution >= 0.6 is 11.6 Å².